The smallest absolute Gasteiger partial charge is 0.262 e. The second-order valence-electron chi connectivity index (χ2n) is 8.41. The molecular formula is C23H21FN4O4. The molecule has 164 valence electrons. The van der Waals surface area contributed by atoms with Crippen molar-refractivity contribution in [1.29, 1.82) is 0 Å². The third-order valence-corrected chi connectivity index (χ3v) is 6.43. The highest BCUT2D eigenvalue weighted by molar-refractivity contribution is 6.23. The van der Waals surface area contributed by atoms with Crippen LogP contribution in [-0.4, -0.2) is 53.7 Å². The maximum atomic E-state index is 13.7. The average Bonchev–Trinajstić information content (AvgIpc) is 3.26. The minimum Gasteiger partial charge on any atom is -0.369 e. The molecular weight excluding hydrogens is 415 g/mol. The van der Waals surface area contributed by atoms with Crippen LogP contribution in [0.1, 0.15) is 45.0 Å². The molecule has 2 saturated heterocycles. The Hall–Kier alpha value is -3.59. The molecule has 9 heteroatoms. The summed E-state index contributed by atoms with van der Waals surface area (Å²) >= 11 is 0. The van der Waals surface area contributed by atoms with E-state index in [2.05, 4.69) is 5.32 Å². The number of piperidine rings is 1. The maximum Gasteiger partial charge on any atom is 0.262 e. The first-order valence-corrected chi connectivity index (χ1v) is 10.4. The number of hydrogen-bond donors (Lipinski definition) is 2. The van der Waals surface area contributed by atoms with Crippen LogP contribution in [0.5, 0.6) is 0 Å². The third kappa shape index (κ3) is 3.25. The number of anilines is 1. The molecule has 3 aliphatic heterocycles. The fourth-order valence-electron chi connectivity index (χ4n) is 4.79. The molecule has 32 heavy (non-hydrogen) atoms. The molecule has 0 saturated carbocycles. The van der Waals surface area contributed by atoms with Crippen LogP contribution in [0.2, 0.25) is 0 Å². The number of halogens is 1. The van der Waals surface area contributed by atoms with Crippen molar-refractivity contribution in [2.45, 2.75) is 30.8 Å². The van der Waals surface area contributed by atoms with E-state index in [-0.39, 0.29) is 41.7 Å². The number of amides is 4. The Labute approximate surface area is 183 Å². The van der Waals surface area contributed by atoms with E-state index in [0.717, 1.165) is 16.2 Å². The van der Waals surface area contributed by atoms with Gasteiger partial charge in [0.05, 0.1) is 11.1 Å². The SMILES string of the molecule is N[C@@H]1CN(c2ccc3c(c2)C(=O)N(C2CCC(=O)NC2=O)C3=O)C[C@H]1c1cccc(F)c1. The maximum absolute atomic E-state index is 13.7. The van der Waals surface area contributed by atoms with Crippen LogP contribution in [0, 0.1) is 5.82 Å². The number of nitrogens with two attached hydrogens (primary N) is 1. The molecule has 3 N–H and O–H groups in total. The molecule has 3 atom stereocenters. The highest BCUT2D eigenvalue weighted by Crippen LogP contribution is 2.34. The van der Waals surface area contributed by atoms with Gasteiger partial charge in [-0.1, -0.05) is 12.1 Å². The van der Waals surface area contributed by atoms with Gasteiger partial charge in [-0.25, -0.2) is 4.39 Å². The summed E-state index contributed by atoms with van der Waals surface area (Å²) < 4.78 is 13.7. The summed E-state index contributed by atoms with van der Waals surface area (Å²) in [6.07, 6.45) is 0.182. The van der Waals surface area contributed by atoms with Crippen molar-refractivity contribution in [2.24, 2.45) is 5.73 Å². The summed E-state index contributed by atoms with van der Waals surface area (Å²) in [5.41, 5.74) is 8.33. The summed E-state index contributed by atoms with van der Waals surface area (Å²) in [6.45, 7) is 1.06. The number of carbonyl (C=O) groups is 4. The van der Waals surface area contributed by atoms with Crippen molar-refractivity contribution >= 4 is 29.3 Å². The molecule has 0 aromatic heterocycles. The minimum atomic E-state index is -0.999. The van der Waals surface area contributed by atoms with E-state index in [4.69, 9.17) is 5.73 Å². The minimum absolute atomic E-state index is 0.0716. The lowest BCUT2D eigenvalue weighted by molar-refractivity contribution is -0.136. The molecule has 3 heterocycles. The Morgan fingerprint density at radius 2 is 1.75 bits per heavy atom. The van der Waals surface area contributed by atoms with Crippen LogP contribution in [0.3, 0.4) is 0 Å². The molecule has 8 nitrogen and oxygen atoms in total. The molecule has 0 aliphatic carbocycles. The number of carbonyl (C=O) groups excluding carboxylic acids is 4. The Morgan fingerprint density at radius 3 is 2.50 bits per heavy atom. The Balaban J connectivity index is 1.39. The van der Waals surface area contributed by atoms with Crippen molar-refractivity contribution in [3.05, 3.63) is 65.0 Å². The molecule has 1 unspecified atom stereocenters. The molecule has 2 aromatic rings. The van der Waals surface area contributed by atoms with E-state index in [1.54, 1.807) is 24.3 Å². The lowest BCUT2D eigenvalue weighted by Gasteiger charge is -2.27. The van der Waals surface area contributed by atoms with Crippen molar-refractivity contribution in [3.8, 4) is 0 Å². The van der Waals surface area contributed by atoms with Gasteiger partial charge in [-0.05, 0) is 42.3 Å². The molecule has 0 radical (unpaired) electrons. The van der Waals surface area contributed by atoms with Crippen LogP contribution in [0.25, 0.3) is 0 Å². The molecule has 0 bridgehead atoms. The zero-order valence-corrected chi connectivity index (χ0v) is 17.1. The van der Waals surface area contributed by atoms with Gasteiger partial charge in [0, 0.05) is 37.2 Å². The van der Waals surface area contributed by atoms with Gasteiger partial charge in [0.1, 0.15) is 11.9 Å². The summed E-state index contributed by atoms with van der Waals surface area (Å²) in [4.78, 5) is 52.5. The summed E-state index contributed by atoms with van der Waals surface area (Å²) in [5, 5.41) is 2.19. The standard InChI is InChI=1S/C23H21FN4O4/c24-13-3-1-2-12(8-13)17-10-27(11-18(17)25)14-4-5-15-16(9-14)23(32)28(22(15)31)19-6-7-20(29)26-21(19)30/h1-5,8-9,17-19H,6-7,10-11,25H2,(H,26,29,30)/t17-,18+,19?/m0/s1. The van der Waals surface area contributed by atoms with Crippen molar-refractivity contribution in [2.75, 3.05) is 18.0 Å². The van der Waals surface area contributed by atoms with Gasteiger partial charge in [-0.3, -0.25) is 29.4 Å². The van der Waals surface area contributed by atoms with Gasteiger partial charge in [0.2, 0.25) is 11.8 Å². The number of nitrogens with zero attached hydrogens (tertiary/aromatic N) is 2. The highest BCUT2D eigenvalue weighted by Gasteiger charge is 2.45. The largest absolute Gasteiger partial charge is 0.369 e. The van der Waals surface area contributed by atoms with Crippen molar-refractivity contribution in [1.82, 2.24) is 10.2 Å². The fraction of sp³-hybridized carbons (Fsp3) is 0.304. The van der Waals surface area contributed by atoms with Gasteiger partial charge < -0.3 is 10.6 Å². The third-order valence-electron chi connectivity index (χ3n) is 6.43. The van der Waals surface area contributed by atoms with Gasteiger partial charge in [0.25, 0.3) is 11.8 Å². The second-order valence-corrected chi connectivity index (χ2v) is 8.41. The van der Waals surface area contributed by atoms with Crippen LogP contribution in [-0.2, 0) is 9.59 Å². The van der Waals surface area contributed by atoms with E-state index in [9.17, 15) is 23.6 Å². The lowest BCUT2D eigenvalue weighted by atomic mass is 9.95. The second kappa shape index (κ2) is 7.52. The topological polar surface area (TPSA) is 113 Å². The Bertz CT molecular complexity index is 1170. The predicted octanol–water partition coefficient (Wildman–Crippen LogP) is 1.16. The molecule has 5 rings (SSSR count). The summed E-state index contributed by atoms with van der Waals surface area (Å²) in [5.74, 6) is -2.53. The summed E-state index contributed by atoms with van der Waals surface area (Å²) in [7, 11) is 0. The van der Waals surface area contributed by atoms with Crippen LogP contribution < -0.4 is 16.0 Å². The number of imide groups is 2. The number of fused-ring (bicyclic) bond motifs is 1. The zero-order valence-electron chi connectivity index (χ0n) is 17.1. The Kier molecular flexibility index (Phi) is 4.78. The van der Waals surface area contributed by atoms with Crippen molar-refractivity contribution in [3.63, 3.8) is 0 Å². The van der Waals surface area contributed by atoms with Crippen LogP contribution >= 0.6 is 0 Å². The van der Waals surface area contributed by atoms with Gasteiger partial charge in [0.15, 0.2) is 0 Å². The molecule has 4 amide bonds. The molecule has 0 spiro atoms. The Morgan fingerprint density at radius 1 is 0.969 bits per heavy atom. The number of rotatable bonds is 3. The van der Waals surface area contributed by atoms with Crippen molar-refractivity contribution < 1.29 is 23.6 Å². The normalized spacial score (nSPS) is 25.4. The van der Waals surface area contributed by atoms with Gasteiger partial charge >= 0.3 is 0 Å². The van der Waals surface area contributed by atoms with E-state index < -0.39 is 29.7 Å². The van der Waals surface area contributed by atoms with Gasteiger partial charge in [-0.15, -0.1) is 0 Å². The number of nitrogens with one attached hydrogen (secondary N) is 1. The lowest BCUT2D eigenvalue weighted by Crippen LogP contribution is -2.54. The molecule has 3 aliphatic rings. The van der Waals surface area contributed by atoms with Gasteiger partial charge in [-0.2, -0.15) is 0 Å². The number of benzene rings is 2. The van der Waals surface area contributed by atoms with E-state index in [1.165, 1.54) is 12.1 Å². The zero-order chi connectivity index (χ0) is 22.6. The molecule has 2 fully saturated rings. The quantitative estimate of drug-likeness (QED) is 0.699. The first-order valence-electron chi connectivity index (χ1n) is 10.4. The summed E-state index contributed by atoms with van der Waals surface area (Å²) in [6, 6.07) is 10.1. The first-order chi connectivity index (χ1) is 15.3. The average molecular weight is 436 g/mol. The molecule has 2 aromatic carbocycles. The fourth-order valence-corrected chi connectivity index (χ4v) is 4.79. The highest BCUT2D eigenvalue weighted by atomic mass is 19.1. The predicted molar refractivity (Wildman–Crippen MR) is 112 cm³/mol. The van der Waals surface area contributed by atoms with E-state index >= 15 is 0 Å². The monoisotopic (exact) mass is 436 g/mol. The van der Waals surface area contributed by atoms with E-state index in [0.29, 0.717) is 13.1 Å². The first kappa shape index (κ1) is 20.3. The van der Waals surface area contributed by atoms with Crippen LogP contribution in [0.4, 0.5) is 10.1 Å². The van der Waals surface area contributed by atoms with Crippen LogP contribution in [0.15, 0.2) is 42.5 Å². The number of hydrogen-bond acceptors (Lipinski definition) is 6. The van der Waals surface area contributed by atoms with E-state index in [1.807, 2.05) is 11.0 Å².